The van der Waals surface area contributed by atoms with Crippen LogP contribution in [0.3, 0.4) is 0 Å². The average Bonchev–Trinajstić information content (AvgIpc) is 3.48. The van der Waals surface area contributed by atoms with Crippen molar-refractivity contribution in [2.24, 2.45) is 0 Å². The summed E-state index contributed by atoms with van der Waals surface area (Å²) in [7, 11) is 1.70. The van der Waals surface area contributed by atoms with E-state index in [1.165, 1.54) is 44.5 Å². The van der Waals surface area contributed by atoms with Crippen molar-refractivity contribution in [3.8, 4) is 50.3 Å². The lowest BCUT2D eigenvalue weighted by molar-refractivity contribution is 0.415. The molecule has 2 aliphatic rings. The van der Waals surface area contributed by atoms with E-state index in [0.29, 0.717) is 0 Å². The molecule has 0 fully saturated rings. The Morgan fingerprint density at radius 2 is 1.00 bits per heavy atom. The van der Waals surface area contributed by atoms with Crippen LogP contribution in [-0.2, 0) is 5.41 Å². The zero-order valence-corrected chi connectivity index (χ0v) is 22.7. The third-order valence-corrected chi connectivity index (χ3v) is 8.92. The van der Waals surface area contributed by atoms with Crippen LogP contribution in [0, 0.1) is 0 Å². The van der Waals surface area contributed by atoms with Crippen LogP contribution in [0.4, 0.5) is 11.4 Å². The van der Waals surface area contributed by atoms with Gasteiger partial charge in [-0.25, -0.2) is 0 Å². The highest BCUT2D eigenvalue weighted by molar-refractivity contribution is 6.05. The van der Waals surface area contributed by atoms with Crippen molar-refractivity contribution >= 4 is 11.4 Å². The smallest absolute Gasteiger partial charge is 0.118 e. The molecule has 0 unspecified atom stereocenters. The van der Waals surface area contributed by atoms with Crippen LogP contribution in [-0.4, -0.2) is 7.11 Å². The first-order chi connectivity index (χ1) is 20.1. The number of benzene rings is 6. The van der Waals surface area contributed by atoms with E-state index >= 15 is 0 Å². The maximum atomic E-state index is 7.29. The van der Waals surface area contributed by atoms with Crippen molar-refractivity contribution in [3.63, 3.8) is 0 Å². The molecule has 6 aromatic rings. The molecule has 196 valence electrons. The van der Waals surface area contributed by atoms with Crippen LogP contribution in [0.25, 0.3) is 44.5 Å². The van der Waals surface area contributed by atoms with E-state index in [0.717, 1.165) is 39.4 Å². The largest absolute Gasteiger partial charge is 0.497 e. The monoisotopic (exact) mass is 528 g/mol. The molecule has 3 nitrogen and oxygen atoms in total. The van der Waals surface area contributed by atoms with Crippen molar-refractivity contribution in [3.05, 3.63) is 150 Å². The quantitative estimate of drug-likeness (QED) is 0.226. The highest BCUT2D eigenvalue weighted by atomic mass is 16.5. The van der Waals surface area contributed by atoms with Gasteiger partial charge in [-0.1, -0.05) is 97.1 Å². The molecule has 4 N–H and O–H groups in total. The predicted molar refractivity (Wildman–Crippen MR) is 169 cm³/mol. The van der Waals surface area contributed by atoms with Gasteiger partial charge in [0.1, 0.15) is 5.75 Å². The van der Waals surface area contributed by atoms with Crippen molar-refractivity contribution < 1.29 is 4.74 Å². The summed E-state index contributed by atoms with van der Waals surface area (Å²) < 4.78 is 5.53. The lowest BCUT2D eigenvalue weighted by Gasteiger charge is -2.33. The Labute approximate surface area is 239 Å². The summed E-state index contributed by atoms with van der Waals surface area (Å²) in [6.45, 7) is 0. The number of hydrogen-bond donors (Lipinski definition) is 2. The second-order valence-corrected chi connectivity index (χ2v) is 10.9. The minimum atomic E-state index is -0.498. The van der Waals surface area contributed by atoms with E-state index in [1.807, 2.05) is 24.3 Å². The Hall–Kier alpha value is -5.28. The maximum Gasteiger partial charge on any atom is 0.118 e. The van der Waals surface area contributed by atoms with Crippen LogP contribution < -0.4 is 16.2 Å². The number of fused-ring (bicyclic) bond motifs is 10. The first-order valence-electron chi connectivity index (χ1n) is 13.9. The van der Waals surface area contributed by atoms with E-state index in [9.17, 15) is 0 Å². The van der Waals surface area contributed by atoms with Crippen LogP contribution in [0.1, 0.15) is 22.3 Å². The number of rotatable bonds is 3. The standard InChI is InChI=1S/C38H28N2O/c1-41-26-20-16-24(17-21-26)35-36-31(22-30(37(35)40)23-14-18-25(39)19-15-23)29-10-4-7-13-34(29)38(36)32-11-5-2-8-27(32)28-9-3-6-12-33(28)38/h2-22H,39-40H2,1H3. The third-order valence-electron chi connectivity index (χ3n) is 8.92. The molecule has 6 aromatic carbocycles. The van der Waals surface area contributed by atoms with Crippen LogP contribution >= 0.6 is 0 Å². The molecule has 0 radical (unpaired) electrons. The molecule has 3 heteroatoms. The fourth-order valence-corrected chi connectivity index (χ4v) is 7.23. The highest BCUT2D eigenvalue weighted by Gasteiger charge is 2.53. The predicted octanol–water partition coefficient (Wildman–Crippen LogP) is 8.54. The second-order valence-electron chi connectivity index (χ2n) is 10.9. The SMILES string of the molecule is COc1ccc(-c2c(N)c(-c3ccc(N)cc3)cc3c2C2(c4ccccc4-c4ccccc42)c2ccccc2-3)cc1. The molecule has 41 heavy (non-hydrogen) atoms. The van der Waals surface area contributed by atoms with Crippen LogP contribution in [0.15, 0.2) is 127 Å². The summed E-state index contributed by atoms with van der Waals surface area (Å²) in [6.07, 6.45) is 0. The molecule has 0 bridgehead atoms. The lowest BCUT2D eigenvalue weighted by atomic mass is 9.68. The molecule has 0 aromatic heterocycles. The number of nitrogen functional groups attached to an aromatic ring is 2. The molecule has 0 saturated carbocycles. The average molecular weight is 529 g/mol. The van der Waals surface area contributed by atoms with Gasteiger partial charge in [0.2, 0.25) is 0 Å². The fourth-order valence-electron chi connectivity index (χ4n) is 7.23. The summed E-state index contributed by atoms with van der Waals surface area (Å²) >= 11 is 0. The molecule has 8 rings (SSSR count). The van der Waals surface area contributed by atoms with Crippen molar-refractivity contribution in [1.82, 2.24) is 0 Å². The van der Waals surface area contributed by atoms with Gasteiger partial charge in [0.05, 0.1) is 12.5 Å². The van der Waals surface area contributed by atoms with Crippen LogP contribution in [0.5, 0.6) is 5.75 Å². The molecular weight excluding hydrogens is 500 g/mol. The Morgan fingerprint density at radius 1 is 0.512 bits per heavy atom. The van der Waals surface area contributed by atoms with Crippen molar-refractivity contribution in [2.45, 2.75) is 5.41 Å². The topological polar surface area (TPSA) is 61.3 Å². The first-order valence-corrected chi connectivity index (χ1v) is 13.9. The minimum absolute atomic E-state index is 0.498. The van der Waals surface area contributed by atoms with E-state index in [-0.39, 0.29) is 0 Å². The summed E-state index contributed by atoms with van der Waals surface area (Å²) in [5.74, 6) is 0.813. The van der Waals surface area contributed by atoms with Gasteiger partial charge in [0.15, 0.2) is 0 Å². The van der Waals surface area contributed by atoms with Gasteiger partial charge < -0.3 is 16.2 Å². The number of hydrogen-bond acceptors (Lipinski definition) is 3. The molecule has 0 saturated heterocycles. The van der Waals surface area contributed by atoms with Crippen molar-refractivity contribution in [1.29, 1.82) is 0 Å². The molecule has 0 atom stereocenters. The zero-order chi connectivity index (χ0) is 27.7. The number of methoxy groups -OCH3 is 1. The number of nitrogens with two attached hydrogens (primary N) is 2. The van der Waals surface area contributed by atoms with E-state index in [4.69, 9.17) is 16.2 Å². The Bertz CT molecular complexity index is 1940. The molecule has 0 amide bonds. The lowest BCUT2D eigenvalue weighted by Crippen LogP contribution is -2.27. The third kappa shape index (κ3) is 3.09. The molecule has 2 aliphatic carbocycles. The second kappa shape index (κ2) is 8.61. The molecule has 0 aliphatic heterocycles. The van der Waals surface area contributed by atoms with Gasteiger partial charge in [-0.15, -0.1) is 0 Å². The first kappa shape index (κ1) is 23.6. The van der Waals surface area contributed by atoms with Gasteiger partial charge in [0.25, 0.3) is 0 Å². The van der Waals surface area contributed by atoms with Crippen molar-refractivity contribution in [2.75, 3.05) is 18.6 Å². The van der Waals surface area contributed by atoms with Crippen LogP contribution in [0.2, 0.25) is 0 Å². The fraction of sp³-hybridized carbons (Fsp3) is 0.0526. The summed E-state index contributed by atoms with van der Waals surface area (Å²) in [6, 6.07) is 45.1. The van der Waals surface area contributed by atoms with E-state index in [1.54, 1.807) is 7.11 Å². The van der Waals surface area contributed by atoms with Gasteiger partial charge in [-0.2, -0.15) is 0 Å². The van der Waals surface area contributed by atoms with Gasteiger partial charge in [-0.05, 0) is 86.0 Å². The summed E-state index contributed by atoms with van der Waals surface area (Å²) in [5.41, 5.74) is 28.6. The normalized spacial score (nSPS) is 13.4. The van der Waals surface area contributed by atoms with Gasteiger partial charge in [-0.3, -0.25) is 0 Å². The Balaban J connectivity index is 1.57. The molecular formula is C38H28N2O. The molecule has 0 heterocycles. The van der Waals surface area contributed by atoms with Gasteiger partial charge in [0, 0.05) is 22.5 Å². The highest BCUT2D eigenvalue weighted by Crippen LogP contribution is 2.65. The van der Waals surface area contributed by atoms with E-state index in [2.05, 4.69) is 103 Å². The number of anilines is 2. The zero-order valence-electron chi connectivity index (χ0n) is 22.7. The van der Waals surface area contributed by atoms with Gasteiger partial charge >= 0.3 is 0 Å². The maximum absolute atomic E-state index is 7.29. The molecule has 1 spiro atoms. The summed E-state index contributed by atoms with van der Waals surface area (Å²) in [5, 5.41) is 0. The minimum Gasteiger partial charge on any atom is -0.497 e. The Morgan fingerprint density at radius 3 is 1.54 bits per heavy atom. The number of ether oxygens (including phenoxy) is 1. The van der Waals surface area contributed by atoms with E-state index < -0.39 is 5.41 Å². The summed E-state index contributed by atoms with van der Waals surface area (Å²) in [4.78, 5) is 0. The Kier molecular flexibility index (Phi) is 4.95.